The smallest absolute Gasteiger partial charge is 0.239 e. The van der Waals surface area contributed by atoms with Crippen LogP contribution in [0.4, 0.5) is 0 Å². The maximum absolute atomic E-state index is 12.0. The molecule has 0 fully saturated rings. The predicted octanol–water partition coefficient (Wildman–Crippen LogP) is 2.21. The van der Waals surface area contributed by atoms with Gasteiger partial charge >= 0.3 is 0 Å². The molecule has 0 heterocycles. The van der Waals surface area contributed by atoms with E-state index in [0.29, 0.717) is 19.1 Å². The molecule has 0 unspecified atom stereocenters. The molecule has 27 heavy (non-hydrogen) atoms. The van der Waals surface area contributed by atoms with Gasteiger partial charge in [-0.3, -0.25) is 9.59 Å². The van der Waals surface area contributed by atoms with Crippen LogP contribution >= 0.6 is 0 Å². The van der Waals surface area contributed by atoms with Crippen molar-refractivity contribution < 1.29 is 14.3 Å². The highest BCUT2D eigenvalue weighted by Gasteiger charge is 2.22. The van der Waals surface area contributed by atoms with E-state index in [2.05, 4.69) is 38.3 Å². The summed E-state index contributed by atoms with van der Waals surface area (Å²) in [5, 5.41) is 5.45. The quantitative estimate of drug-likeness (QED) is 0.583. The van der Waals surface area contributed by atoms with Crippen molar-refractivity contribution in [2.75, 3.05) is 19.7 Å². The lowest BCUT2D eigenvalue weighted by Gasteiger charge is -2.26. The Kier molecular flexibility index (Phi) is 8.76. The second kappa shape index (κ2) is 10.3. The first-order valence-corrected chi connectivity index (χ1v) is 9.56. The van der Waals surface area contributed by atoms with Crippen molar-refractivity contribution in [1.82, 2.24) is 10.6 Å². The average molecular weight is 378 g/mol. The van der Waals surface area contributed by atoms with Crippen LogP contribution in [0, 0.1) is 11.8 Å². The summed E-state index contributed by atoms with van der Waals surface area (Å²) in [5.41, 5.74) is 6.62. The first kappa shape index (κ1) is 23.0. The van der Waals surface area contributed by atoms with Crippen molar-refractivity contribution in [3.63, 3.8) is 0 Å². The van der Waals surface area contributed by atoms with Crippen LogP contribution in [0.5, 0.6) is 5.75 Å². The zero-order valence-corrected chi connectivity index (χ0v) is 17.5. The summed E-state index contributed by atoms with van der Waals surface area (Å²) in [7, 11) is 0. The molecular formula is C21H35N3O3. The van der Waals surface area contributed by atoms with Crippen molar-refractivity contribution in [2.45, 2.75) is 53.0 Å². The summed E-state index contributed by atoms with van der Waals surface area (Å²) in [4.78, 5) is 23.8. The largest absolute Gasteiger partial charge is 0.493 e. The summed E-state index contributed by atoms with van der Waals surface area (Å²) < 4.78 is 5.70. The molecule has 0 radical (unpaired) electrons. The minimum atomic E-state index is -0.606. The summed E-state index contributed by atoms with van der Waals surface area (Å²) in [6.07, 6.45) is 0. The van der Waals surface area contributed by atoms with Crippen LogP contribution in [0.2, 0.25) is 0 Å². The number of amides is 2. The Bertz CT molecular complexity index is 610. The Morgan fingerprint density at radius 2 is 1.67 bits per heavy atom. The molecule has 1 atom stereocenters. The molecule has 152 valence electrons. The number of hydrogen-bond donors (Lipinski definition) is 3. The van der Waals surface area contributed by atoms with Gasteiger partial charge < -0.3 is 21.1 Å². The van der Waals surface area contributed by atoms with Crippen molar-refractivity contribution in [3.8, 4) is 5.75 Å². The topological polar surface area (TPSA) is 93.5 Å². The van der Waals surface area contributed by atoms with E-state index >= 15 is 0 Å². The van der Waals surface area contributed by atoms with Gasteiger partial charge in [0.05, 0.1) is 19.2 Å². The van der Waals surface area contributed by atoms with Crippen LogP contribution in [0.1, 0.15) is 47.1 Å². The van der Waals surface area contributed by atoms with Crippen LogP contribution in [-0.4, -0.2) is 37.6 Å². The molecule has 0 aliphatic rings. The minimum Gasteiger partial charge on any atom is -0.493 e. The van der Waals surface area contributed by atoms with E-state index in [0.717, 1.165) is 11.3 Å². The van der Waals surface area contributed by atoms with Gasteiger partial charge in [-0.05, 0) is 29.5 Å². The Morgan fingerprint density at radius 3 is 2.19 bits per heavy atom. The van der Waals surface area contributed by atoms with Crippen LogP contribution in [-0.2, 0) is 15.0 Å². The molecule has 4 N–H and O–H groups in total. The van der Waals surface area contributed by atoms with Crippen LogP contribution in [0.3, 0.4) is 0 Å². The minimum absolute atomic E-state index is 0.0273. The fourth-order valence-electron chi connectivity index (χ4n) is 2.34. The molecular weight excluding hydrogens is 342 g/mol. The lowest BCUT2D eigenvalue weighted by atomic mass is 9.84. The maximum Gasteiger partial charge on any atom is 0.239 e. The van der Waals surface area contributed by atoms with Gasteiger partial charge in [-0.1, -0.05) is 53.7 Å². The number of benzene rings is 1. The van der Waals surface area contributed by atoms with Gasteiger partial charge in [0.25, 0.3) is 0 Å². The molecule has 0 saturated heterocycles. The standard InChI is InChI=1S/C21H35N3O3/c1-14(2)12-27-17-9-7-16(8-10-17)21(5,6)13-24-18(25)11-23-20(26)19(22)15(3)4/h7-10,14-15,19H,11-13,22H2,1-6H3,(H,23,26)(H,24,25)/t19-/m0/s1. The highest BCUT2D eigenvalue weighted by Crippen LogP contribution is 2.24. The van der Waals surface area contributed by atoms with E-state index in [1.54, 1.807) is 0 Å². The molecule has 6 heteroatoms. The number of nitrogens with two attached hydrogens (primary N) is 1. The Labute approximate surface area is 163 Å². The summed E-state index contributed by atoms with van der Waals surface area (Å²) in [5.74, 6) is 0.809. The fourth-order valence-corrected chi connectivity index (χ4v) is 2.34. The molecule has 1 rings (SSSR count). The zero-order chi connectivity index (χ0) is 20.6. The monoisotopic (exact) mass is 377 g/mol. The van der Waals surface area contributed by atoms with Gasteiger partial charge in [0.2, 0.25) is 11.8 Å². The van der Waals surface area contributed by atoms with Crippen LogP contribution in [0.25, 0.3) is 0 Å². The molecule has 1 aromatic carbocycles. The van der Waals surface area contributed by atoms with E-state index in [1.165, 1.54) is 0 Å². The van der Waals surface area contributed by atoms with Crippen molar-refractivity contribution >= 4 is 11.8 Å². The molecule has 0 aliphatic carbocycles. The lowest BCUT2D eigenvalue weighted by Crippen LogP contribution is -2.48. The number of nitrogens with one attached hydrogen (secondary N) is 2. The highest BCUT2D eigenvalue weighted by atomic mass is 16.5. The molecule has 6 nitrogen and oxygen atoms in total. The summed E-state index contributed by atoms with van der Waals surface area (Å²) in [6, 6.07) is 7.34. The van der Waals surface area contributed by atoms with E-state index in [9.17, 15) is 9.59 Å². The number of ether oxygens (including phenoxy) is 1. The second-order valence-corrected chi connectivity index (χ2v) is 8.38. The van der Waals surface area contributed by atoms with E-state index < -0.39 is 6.04 Å². The SMILES string of the molecule is CC(C)COc1ccc(C(C)(C)CNC(=O)CNC(=O)[C@@H](N)C(C)C)cc1. The molecule has 1 aromatic rings. The number of carbonyl (C=O) groups excluding carboxylic acids is 2. The van der Waals surface area contributed by atoms with Gasteiger partial charge in [-0.15, -0.1) is 0 Å². The van der Waals surface area contributed by atoms with Crippen molar-refractivity contribution in [3.05, 3.63) is 29.8 Å². The predicted molar refractivity (Wildman–Crippen MR) is 109 cm³/mol. The number of hydrogen-bond acceptors (Lipinski definition) is 4. The molecule has 2 amide bonds. The van der Waals surface area contributed by atoms with E-state index in [4.69, 9.17) is 10.5 Å². The molecule has 0 aromatic heterocycles. The first-order valence-electron chi connectivity index (χ1n) is 9.56. The zero-order valence-electron chi connectivity index (χ0n) is 17.5. The Morgan fingerprint density at radius 1 is 1.07 bits per heavy atom. The fraction of sp³-hybridized carbons (Fsp3) is 0.619. The number of carbonyl (C=O) groups is 2. The van der Waals surface area contributed by atoms with Gasteiger partial charge in [-0.25, -0.2) is 0 Å². The molecule has 0 saturated carbocycles. The Hall–Kier alpha value is -2.08. The van der Waals surface area contributed by atoms with Crippen molar-refractivity contribution in [2.24, 2.45) is 17.6 Å². The lowest BCUT2D eigenvalue weighted by molar-refractivity contribution is -0.127. The third-order valence-corrected chi connectivity index (χ3v) is 4.39. The van der Waals surface area contributed by atoms with E-state index in [1.807, 2.05) is 38.1 Å². The third kappa shape index (κ3) is 7.99. The molecule has 0 bridgehead atoms. The van der Waals surface area contributed by atoms with Gasteiger partial charge in [0, 0.05) is 12.0 Å². The second-order valence-electron chi connectivity index (χ2n) is 8.38. The Balaban J connectivity index is 2.50. The summed E-state index contributed by atoms with van der Waals surface area (Å²) in [6.45, 7) is 13.2. The first-order chi connectivity index (χ1) is 12.5. The van der Waals surface area contributed by atoms with Gasteiger partial charge in [0.15, 0.2) is 0 Å². The van der Waals surface area contributed by atoms with Crippen molar-refractivity contribution in [1.29, 1.82) is 0 Å². The van der Waals surface area contributed by atoms with Gasteiger partial charge in [0.1, 0.15) is 5.75 Å². The molecule has 0 spiro atoms. The average Bonchev–Trinajstić information content (AvgIpc) is 2.62. The highest BCUT2D eigenvalue weighted by molar-refractivity contribution is 5.87. The normalized spacial score (nSPS) is 12.8. The number of rotatable bonds is 10. The van der Waals surface area contributed by atoms with Gasteiger partial charge in [-0.2, -0.15) is 0 Å². The third-order valence-electron chi connectivity index (χ3n) is 4.39. The maximum atomic E-state index is 12.0. The van der Waals surface area contributed by atoms with Crippen LogP contribution < -0.4 is 21.1 Å². The van der Waals surface area contributed by atoms with E-state index in [-0.39, 0.29) is 29.7 Å². The molecule has 0 aliphatic heterocycles. The van der Waals surface area contributed by atoms with Crippen LogP contribution in [0.15, 0.2) is 24.3 Å². The summed E-state index contributed by atoms with van der Waals surface area (Å²) >= 11 is 0.